The van der Waals surface area contributed by atoms with Crippen molar-refractivity contribution in [2.75, 3.05) is 18.0 Å². The fraction of sp³-hybridized carbons (Fsp3) is 0.238. The van der Waals surface area contributed by atoms with Gasteiger partial charge in [0.05, 0.1) is 16.8 Å². The third-order valence-corrected chi connectivity index (χ3v) is 5.30. The number of ketones is 1. The van der Waals surface area contributed by atoms with Crippen molar-refractivity contribution in [1.82, 2.24) is 4.90 Å². The van der Waals surface area contributed by atoms with Gasteiger partial charge in [0.15, 0.2) is 5.78 Å². The summed E-state index contributed by atoms with van der Waals surface area (Å²) in [6.45, 7) is 0.498. The number of benzene rings is 2. The predicted octanol–water partition coefficient (Wildman–Crippen LogP) is 3.34. The van der Waals surface area contributed by atoms with Gasteiger partial charge >= 0.3 is 0 Å². The van der Waals surface area contributed by atoms with Gasteiger partial charge in [-0.25, -0.2) is 0 Å². The third kappa shape index (κ3) is 3.10. The van der Waals surface area contributed by atoms with E-state index in [1.165, 1.54) is 4.90 Å². The van der Waals surface area contributed by atoms with Crippen LogP contribution in [0, 0.1) is 0 Å². The third-order valence-electron chi connectivity index (χ3n) is 5.06. The Morgan fingerprint density at radius 2 is 1.64 bits per heavy atom. The molecule has 3 amide bonds. The standard InChI is InChI=1S/C21H17ClN2O4/c22-13-7-8-17-16(12-13)18(25)9-11-23(17)19(26)6-3-10-24-20(27)14-4-1-2-5-15(14)21(24)28/h1-2,4-5,7-8,12H,3,6,9-11H2. The van der Waals surface area contributed by atoms with Crippen LogP contribution in [-0.4, -0.2) is 41.5 Å². The van der Waals surface area contributed by atoms with Gasteiger partial charge in [-0.2, -0.15) is 0 Å². The summed E-state index contributed by atoms with van der Waals surface area (Å²) < 4.78 is 0. The molecule has 4 rings (SSSR count). The van der Waals surface area contributed by atoms with Crippen LogP contribution in [0.2, 0.25) is 5.02 Å². The van der Waals surface area contributed by atoms with Crippen LogP contribution in [0.1, 0.15) is 50.3 Å². The van der Waals surface area contributed by atoms with Gasteiger partial charge < -0.3 is 4.90 Å². The van der Waals surface area contributed by atoms with Crippen molar-refractivity contribution >= 4 is 40.8 Å². The maximum Gasteiger partial charge on any atom is 0.261 e. The normalized spacial score (nSPS) is 15.7. The second-order valence-electron chi connectivity index (χ2n) is 6.79. The molecule has 2 aromatic rings. The summed E-state index contributed by atoms with van der Waals surface area (Å²) >= 11 is 5.97. The molecule has 0 radical (unpaired) electrons. The molecule has 0 aromatic heterocycles. The van der Waals surface area contributed by atoms with Crippen molar-refractivity contribution in [2.45, 2.75) is 19.3 Å². The largest absolute Gasteiger partial charge is 0.311 e. The molecule has 7 heteroatoms. The Bertz CT molecular complexity index is 982. The van der Waals surface area contributed by atoms with Crippen LogP contribution in [0.5, 0.6) is 0 Å². The number of nitrogens with zero attached hydrogens (tertiary/aromatic N) is 2. The minimum Gasteiger partial charge on any atom is -0.311 e. The van der Waals surface area contributed by atoms with Crippen LogP contribution >= 0.6 is 11.6 Å². The Kier molecular flexibility index (Phi) is 4.73. The van der Waals surface area contributed by atoms with Crippen LogP contribution in [0.3, 0.4) is 0 Å². The van der Waals surface area contributed by atoms with Crippen LogP contribution < -0.4 is 4.90 Å². The number of carbonyl (C=O) groups excluding carboxylic acids is 4. The van der Waals surface area contributed by atoms with Crippen molar-refractivity contribution in [3.8, 4) is 0 Å². The number of amides is 3. The number of hydrogen-bond donors (Lipinski definition) is 0. The van der Waals surface area contributed by atoms with E-state index in [0.29, 0.717) is 40.4 Å². The van der Waals surface area contributed by atoms with E-state index < -0.39 is 0 Å². The molecule has 2 aliphatic heterocycles. The second kappa shape index (κ2) is 7.20. The molecule has 6 nitrogen and oxygen atoms in total. The predicted molar refractivity (Wildman–Crippen MR) is 104 cm³/mol. The van der Waals surface area contributed by atoms with E-state index in [1.807, 2.05) is 0 Å². The summed E-state index contributed by atoms with van der Waals surface area (Å²) in [7, 11) is 0. The van der Waals surface area contributed by atoms with E-state index in [2.05, 4.69) is 0 Å². The van der Waals surface area contributed by atoms with Crippen LogP contribution in [0.15, 0.2) is 42.5 Å². The first-order valence-electron chi connectivity index (χ1n) is 9.05. The number of halogens is 1. The summed E-state index contributed by atoms with van der Waals surface area (Å²) in [5.74, 6) is -0.825. The van der Waals surface area contributed by atoms with Crippen molar-refractivity contribution in [3.05, 3.63) is 64.2 Å². The van der Waals surface area contributed by atoms with Crippen LogP contribution in [-0.2, 0) is 4.79 Å². The SMILES string of the molecule is O=C1CCN(C(=O)CCCN2C(=O)c3ccccc3C2=O)c2ccc(Cl)cc21. The zero-order valence-corrected chi connectivity index (χ0v) is 15.7. The molecule has 0 unspecified atom stereocenters. The molecule has 0 bridgehead atoms. The molecule has 0 saturated carbocycles. The Morgan fingerprint density at radius 1 is 0.964 bits per heavy atom. The lowest BCUT2D eigenvalue weighted by Crippen LogP contribution is -2.38. The van der Waals surface area contributed by atoms with E-state index in [4.69, 9.17) is 11.6 Å². The molecular weight excluding hydrogens is 380 g/mol. The van der Waals surface area contributed by atoms with Crippen molar-refractivity contribution < 1.29 is 19.2 Å². The Balaban J connectivity index is 1.41. The van der Waals surface area contributed by atoms with Gasteiger partial charge in [0.1, 0.15) is 0 Å². The first-order valence-corrected chi connectivity index (χ1v) is 9.43. The fourth-order valence-electron chi connectivity index (χ4n) is 3.66. The number of carbonyl (C=O) groups is 4. The maximum atomic E-state index is 12.7. The maximum absolute atomic E-state index is 12.7. The van der Waals surface area contributed by atoms with E-state index in [-0.39, 0.29) is 42.9 Å². The summed E-state index contributed by atoms with van der Waals surface area (Å²) in [6.07, 6.45) is 0.777. The zero-order chi connectivity index (χ0) is 19.8. The lowest BCUT2D eigenvalue weighted by Gasteiger charge is -2.29. The molecule has 0 atom stereocenters. The molecule has 2 aliphatic rings. The molecule has 0 saturated heterocycles. The van der Waals surface area contributed by atoms with Crippen molar-refractivity contribution in [1.29, 1.82) is 0 Å². The molecular formula is C21H17ClN2O4. The number of imide groups is 1. The Morgan fingerprint density at radius 3 is 2.32 bits per heavy atom. The van der Waals surface area contributed by atoms with E-state index in [0.717, 1.165) is 0 Å². The number of hydrogen-bond acceptors (Lipinski definition) is 4. The highest BCUT2D eigenvalue weighted by Gasteiger charge is 2.35. The quantitative estimate of drug-likeness (QED) is 0.743. The van der Waals surface area contributed by atoms with Gasteiger partial charge in [0.2, 0.25) is 5.91 Å². The minimum absolute atomic E-state index is 0.0347. The van der Waals surface area contributed by atoms with Crippen LogP contribution in [0.4, 0.5) is 5.69 Å². The molecule has 0 fully saturated rings. The topological polar surface area (TPSA) is 74.8 Å². The van der Waals surface area contributed by atoms with Gasteiger partial charge in [-0.1, -0.05) is 23.7 Å². The Labute approximate surface area is 166 Å². The lowest BCUT2D eigenvalue weighted by molar-refractivity contribution is -0.118. The Hall–Kier alpha value is -2.99. The number of fused-ring (bicyclic) bond motifs is 2. The smallest absolute Gasteiger partial charge is 0.261 e. The first kappa shape index (κ1) is 18.4. The van der Waals surface area contributed by atoms with Crippen molar-refractivity contribution in [2.24, 2.45) is 0 Å². The van der Waals surface area contributed by atoms with Gasteiger partial charge in [-0.3, -0.25) is 24.1 Å². The van der Waals surface area contributed by atoms with E-state index in [1.54, 1.807) is 47.4 Å². The van der Waals surface area contributed by atoms with Gasteiger partial charge in [-0.15, -0.1) is 0 Å². The molecule has 0 spiro atoms. The molecule has 2 heterocycles. The van der Waals surface area contributed by atoms with Gasteiger partial charge in [0.25, 0.3) is 11.8 Å². The number of rotatable bonds is 4. The summed E-state index contributed by atoms with van der Waals surface area (Å²) in [5.41, 5.74) is 1.82. The molecule has 142 valence electrons. The second-order valence-corrected chi connectivity index (χ2v) is 7.23. The summed E-state index contributed by atoms with van der Waals surface area (Å²) in [4.78, 5) is 52.3. The highest BCUT2D eigenvalue weighted by atomic mass is 35.5. The van der Waals surface area contributed by atoms with Gasteiger partial charge in [-0.05, 0) is 36.8 Å². The summed E-state index contributed by atoms with van der Waals surface area (Å²) in [5, 5.41) is 0.451. The minimum atomic E-state index is -0.323. The monoisotopic (exact) mass is 396 g/mol. The average molecular weight is 397 g/mol. The summed E-state index contributed by atoms with van der Waals surface area (Å²) in [6, 6.07) is 11.6. The highest BCUT2D eigenvalue weighted by Crippen LogP contribution is 2.30. The fourth-order valence-corrected chi connectivity index (χ4v) is 3.83. The van der Waals surface area contributed by atoms with Crippen molar-refractivity contribution in [3.63, 3.8) is 0 Å². The van der Waals surface area contributed by atoms with E-state index >= 15 is 0 Å². The molecule has 0 aliphatic carbocycles. The van der Waals surface area contributed by atoms with E-state index in [9.17, 15) is 19.2 Å². The average Bonchev–Trinajstić information content (AvgIpc) is 2.93. The lowest BCUT2D eigenvalue weighted by atomic mass is 10.00. The number of anilines is 1. The van der Waals surface area contributed by atoms with Crippen LogP contribution in [0.25, 0.3) is 0 Å². The molecule has 2 aromatic carbocycles. The molecule has 28 heavy (non-hydrogen) atoms. The van der Waals surface area contributed by atoms with Gasteiger partial charge in [0, 0.05) is 36.5 Å². The molecule has 0 N–H and O–H groups in total. The number of Topliss-reactive ketones (excluding diaryl/α,β-unsaturated/α-hetero) is 1. The first-order chi connectivity index (χ1) is 13.5. The highest BCUT2D eigenvalue weighted by molar-refractivity contribution is 6.31. The zero-order valence-electron chi connectivity index (χ0n) is 15.0.